The van der Waals surface area contributed by atoms with Crippen LogP contribution in [0.15, 0.2) is 0 Å². The molecule has 1 aromatic rings. The molecule has 0 aliphatic carbocycles. The summed E-state index contributed by atoms with van der Waals surface area (Å²) in [6.07, 6.45) is 0. The topological polar surface area (TPSA) is 84.1 Å². The summed E-state index contributed by atoms with van der Waals surface area (Å²) in [4.78, 5) is 13.2. The van der Waals surface area contributed by atoms with Gasteiger partial charge in [-0.05, 0) is 12.3 Å². The van der Waals surface area contributed by atoms with Crippen LogP contribution in [0.1, 0.15) is 5.82 Å². The molecule has 13 heavy (non-hydrogen) atoms. The Morgan fingerprint density at radius 3 is 2.85 bits per heavy atom. The lowest BCUT2D eigenvalue weighted by Crippen LogP contribution is -2.25. The first kappa shape index (κ1) is 9.59. The minimum absolute atomic E-state index is 0.0295. The van der Waals surface area contributed by atoms with E-state index in [1.807, 2.05) is 0 Å². The van der Waals surface area contributed by atoms with E-state index in [1.165, 1.54) is 4.80 Å². The van der Waals surface area contributed by atoms with Crippen LogP contribution in [0.4, 0.5) is 0 Å². The van der Waals surface area contributed by atoms with Crippen LogP contribution in [-0.4, -0.2) is 49.8 Å². The van der Waals surface area contributed by atoms with E-state index in [1.54, 1.807) is 19.0 Å². The third kappa shape index (κ3) is 3.16. The molecule has 0 spiro atoms. The van der Waals surface area contributed by atoms with Crippen molar-refractivity contribution < 1.29 is 9.90 Å². The summed E-state index contributed by atoms with van der Waals surface area (Å²) in [6, 6.07) is 0. The summed E-state index contributed by atoms with van der Waals surface area (Å²) >= 11 is 0. The van der Waals surface area contributed by atoms with E-state index in [4.69, 9.17) is 5.11 Å². The Morgan fingerprint density at radius 1 is 1.69 bits per heavy atom. The average Bonchev–Trinajstić information content (AvgIpc) is 2.33. The van der Waals surface area contributed by atoms with Crippen molar-refractivity contribution in [1.82, 2.24) is 25.1 Å². The number of carbonyl (C=O) groups is 1. The molecule has 0 saturated heterocycles. The molecule has 0 amide bonds. The van der Waals surface area contributed by atoms with Gasteiger partial charge in [-0.2, -0.15) is 4.80 Å². The van der Waals surface area contributed by atoms with E-state index in [2.05, 4.69) is 15.4 Å². The number of carboxylic acid groups (broad SMARTS) is 1. The number of carboxylic acids is 1. The van der Waals surface area contributed by atoms with Crippen molar-refractivity contribution in [2.24, 2.45) is 7.05 Å². The fourth-order valence-corrected chi connectivity index (χ4v) is 0.915. The Kier molecular flexibility index (Phi) is 2.91. The maximum Gasteiger partial charge on any atom is 0.317 e. The van der Waals surface area contributed by atoms with Gasteiger partial charge in [-0.25, -0.2) is 0 Å². The third-order valence-electron chi connectivity index (χ3n) is 1.37. The molecule has 0 bridgehead atoms. The quantitative estimate of drug-likeness (QED) is 0.629. The van der Waals surface area contributed by atoms with Gasteiger partial charge in [-0.1, -0.05) is 0 Å². The molecule has 72 valence electrons. The molecule has 7 heteroatoms. The zero-order valence-corrected chi connectivity index (χ0v) is 7.51. The van der Waals surface area contributed by atoms with Gasteiger partial charge in [-0.15, -0.1) is 10.2 Å². The van der Waals surface area contributed by atoms with E-state index in [0.29, 0.717) is 12.4 Å². The van der Waals surface area contributed by atoms with Crippen molar-refractivity contribution in [3.8, 4) is 0 Å². The van der Waals surface area contributed by atoms with Gasteiger partial charge in [0.1, 0.15) is 0 Å². The molecule has 0 unspecified atom stereocenters. The van der Waals surface area contributed by atoms with Gasteiger partial charge >= 0.3 is 5.97 Å². The van der Waals surface area contributed by atoms with E-state index >= 15 is 0 Å². The largest absolute Gasteiger partial charge is 0.480 e. The van der Waals surface area contributed by atoms with E-state index in [0.717, 1.165) is 0 Å². The summed E-state index contributed by atoms with van der Waals surface area (Å²) < 4.78 is 0. The smallest absolute Gasteiger partial charge is 0.317 e. The van der Waals surface area contributed by atoms with Crippen LogP contribution in [0, 0.1) is 0 Å². The Labute approximate surface area is 75.0 Å². The highest BCUT2D eigenvalue weighted by Gasteiger charge is 2.07. The van der Waals surface area contributed by atoms with Crippen molar-refractivity contribution in [2.45, 2.75) is 6.54 Å². The molecule has 0 aromatic carbocycles. The van der Waals surface area contributed by atoms with Crippen molar-refractivity contribution >= 4 is 5.97 Å². The number of hydrogen-bond acceptors (Lipinski definition) is 5. The van der Waals surface area contributed by atoms with Gasteiger partial charge in [0.2, 0.25) is 0 Å². The zero-order valence-electron chi connectivity index (χ0n) is 7.51. The van der Waals surface area contributed by atoms with Crippen molar-refractivity contribution in [3.05, 3.63) is 5.82 Å². The SMILES string of the molecule is CN(CC(=O)O)Cc1nnn(C)n1. The van der Waals surface area contributed by atoms with Crippen molar-refractivity contribution in [1.29, 1.82) is 0 Å². The molecular formula is C6H11N5O2. The van der Waals surface area contributed by atoms with Gasteiger partial charge in [0, 0.05) is 0 Å². The molecule has 1 N–H and O–H groups in total. The number of rotatable bonds is 4. The second-order valence-corrected chi connectivity index (χ2v) is 2.76. The van der Waals surface area contributed by atoms with Crippen LogP contribution in [0.3, 0.4) is 0 Å². The molecular weight excluding hydrogens is 174 g/mol. The number of tetrazole rings is 1. The van der Waals surface area contributed by atoms with E-state index < -0.39 is 5.97 Å². The fraction of sp³-hybridized carbons (Fsp3) is 0.667. The molecule has 0 fully saturated rings. The molecule has 1 rings (SSSR count). The zero-order chi connectivity index (χ0) is 9.84. The normalized spacial score (nSPS) is 10.7. The third-order valence-corrected chi connectivity index (χ3v) is 1.37. The number of aryl methyl sites for hydroxylation is 1. The van der Waals surface area contributed by atoms with Crippen molar-refractivity contribution in [3.63, 3.8) is 0 Å². The second-order valence-electron chi connectivity index (χ2n) is 2.76. The van der Waals surface area contributed by atoms with E-state index in [9.17, 15) is 4.79 Å². The maximum absolute atomic E-state index is 10.3. The van der Waals surface area contributed by atoms with Crippen molar-refractivity contribution in [2.75, 3.05) is 13.6 Å². The Morgan fingerprint density at radius 2 is 2.38 bits per heavy atom. The Balaban J connectivity index is 2.44. The Hall–Kier alpha value is -1.50. The van der Waals surface area contributed by atoms with E-state index in [-0.39, 0.29) is 6.54 Å². The summed E-state index contributed by atoms with van der Waals surface area (Å²) in [6.45, 7) is 0.360. The summed E-state index contributed by atoms with van der Waals surface area (Å²) in [7, 11) is 3.35. The highest BCUT2D eigenvalue weighted by atomic mass is 16.4. The van der Waals surface area contributed by atoms with Crippen LogP contribution in [0.2, 0.25) is 0 Å². The number of aromatic nitrogens is 4. The fourth-order valence-electron chi connectivity index (χ4n) is 0.915. The summed E-state index contributed by atoms with van der Waals surface area (Å²) in [5.74, 6) is -0.349. The lowest BCUT2D eigenvalue weighted by atomic mass is 10.5. The first-order chi connectivity index (χ1) is 6.08. The minimum atomic E-state index is -0.869. The van der Waals surface area contributed by atoms with Gasteiger partial charge in [0.05, 0.1) is 20.1 Å². The molecule has 1 aromatic heterocycles. The first-order valence-corrected chi connectivity index (χ1v) is 3.71. The lowest BCUT2D eigenvalue weighted by molar-refractivity contribution is -0.138. The molecule has 7 nitrogen and oxygen atoms in total. The van der Waals surface area contributed by atoms with Gasteiger partial charge in [0.15, 0.2) is 5.82 Å². The number of likely N-dealkylation sites (N-methyl/N-ethyl adjacent to an activating group) is 1. The molecule has 0 saturated carbocycles. The average molecular weight is 185 g/mol. The standard InChI is InChI=1S/C6H11N5O2/c1-10(4-6(12)13)3-5-7-9-11(2)8-5/h3-4H2,1-2H3,(H,12,13). The number of hydrogen-bond donors (Lipinski definition) is 1. The van der Waals surface area contributed by atoms with Crippen LogP contribution < -0.4 is 0 Å². The van der Waals surface area contributed by atoms with Gasteiger partial charge in [-0.3, -0.25) is 9.69 Å². The number of aliphatic carboxylic acids is 1. The summed E-state index contributed by atoms with van der Waals surface area (Å²) in [5.41, 5.74) is 0. The second kappa shape index (κ2) is 3.94. The van der Waals surface area contributed by atoms with Gasteiger partial charge < -0.3 is 5.11 Å². The summed E-state index contributed by atoms with van der Waals surface area (Å²) in [5, 5.41) is 19.7. The highest BCUT2D eigenvalue weighted by molar-refractivity contribution is 5.68. The van der Waals surface area contributed by atoms with Crippen LogP contribution in [-0.2, 0) is 18.4 Å². The lowest BCUT2D eigenvalue weighted by Gasteiger charge is -2.09. The van der Waals surface area contributed by atoms with Crippen LogP contribution in [0.25, 0.3) is 0 Å². The van der Waals surface area contributed by atoms with Gasteiger partial charge in [0.25, 0.3) is 0 Å². The molecule has 1 heterocycles. The monoisotopic (exact) mass is 185 g/mol. The maximum atomic E-state index is 10.3. The highest BCUT2D eigenvalue weighted by Crippen LogP contribution is 1.92. The number of nitrogens with zero attached hydrogens (tertiary/aromatic N) is 5. The Bertz CT molecular complexity index is 297. The minimum Gasteiger partial charge on any atom is -0.480 e. The molecule has 0 aliphatic heterocycles. The predicted molar refractivity (Wildman–Crippen MR) is 42.8 cm³/mol. The molecule has 0 atom stereocenters. The van der Waals surface area contributed by atoms with Crippen LogP contribution >= 0.6 is 0 Å². The van der Waals surface area contributed by atoms with Crippen LogP contribution in [0.5, 0.6) is 0 Å². The molecule has 0 aliphatic rings. The first-order valence-electron chi connectivity index (χ1n) is 3.71. The molecule has 0 radical (unpaired) electrons. The predicted octanol–water partition coefficient (Wildman–Crippen LogP) is -1.27.